The van der Waals surface area contributed by atoms with Crippen LogP contribution < -0.4 is 0 Å². The van der Waals surface area contributed by atoms with Gasteiger partial charge in [0.2, 0.25) is 0 Å². The van der Waals surface area contributed by atoms with Crippen molar-refractivity contribution in [1.82, 2.24) is 24.5 Å². The van der Waals surface area contributed by atoms with Crippen LogP contribution >= 0.6 is 15.9 Å². The Morgan fingerprint density at radius 1 is 1.40 bits per heavy atom. The molecule has 5 nitrogen and oxygen atoms in total. The summed E-state index contributed by atoms with van der Waals surface area (Å²) in [5, 5.41) is 12.3. The van der Waals surface area contributed by atoms with Crippen molar-refractivity contribution in [2.45, 2.75) is 20.4 Å². The fraction of sp³-hybridized carbons (Fsp3) is 0.444. The van der Waals surface area contributed by atoms with Gasteiger partial charge in [-0.2, -0.15) is 5.10 Å². The van der Waals surface area contributed by atoms with Gasteiger partial charge in [0.1, 0.15) is 12.9 Å². The third-order valence-corrected chi connectivity index (χ3v) is 3.54. The van der Waals surface area contributed by atoms with Crippen LogP contribution in [0.3, 0.4) is 0 Å². The first kappa shape index (κ1) is 10.4. The predicted octanol–water partition coefficient (Wildman–Crippen LogP) is 1.44. The molecule has 0 bridgehead atoms. The van der Waals surface area contributed by atoms with Crippen LogP contribution in [0.2, 0.25) is 0 Å². The Kier molecular flexibility index (Phi) is 2.60. The monoisotopic (exact) mass is 269 g/mol. The molecule has 0 radical (unpaired) electrons. The smallest absolute Gasteiger partial charge is 0.154 e. The molecule has 6 heteroatoms. The summed E-state index contributed by atoms with van der Waals surface area (Å²) in [6, 6.07) is 0. The highest BCUT2D eigenvalue weighted by Gasteiger charge is 2.10. The SMILES string of the molecule is Cc1nn(Cc2nncn2C)c(C)c1Br. The van der Waals surface area contributed by atoms with Crippen molar-refractivity contribution in [2.24, 2.45) is 7.05 Å². The number of hydrogen-bond donors (Lipinski definition) is 0. The molecule has 0 unspecified atom stereocenters. The molecule has 2 aromatic rings. The largest absolute Gasteiger partial charge is 0.319 e. The Bertz CT molecular complexity index is 485. The van der Waals surface area contributed by atoms with Gasteiger partial charge in [-0.05, 0) is 29.8 Å². The van der Waals surface area contributed by atoms with Gasteiger partial charge in [0.05, 0.1) is 15.9 Å². The lowest BCUT2D eigenvalue weighted by Gasteiger charge is -2.03. The zero-order chi connectivity index (χ0) is 11.0. The molecule has 0 atom stereocenters. The first-order chi connectivity index (χ1) is 7.09. The number of nitrogens with zero attached hydrogens (tertiary/aromatic N) is 5. The molecular formula is C9H12BrN5. The standard InChI is InChI=1S/C9H12BrN5/c1-6-9(10)7(2)15(13-6)4-8-12-11-5-14(8)3/h5H,4H2,1-3H3. The van der Waals surface area contributed by atoms with Crippen LogP contribution in [0.5, 0.6) is 0 Å². The van der Waals surface area contributed by atoms with E-state index in [0.717, 1.165) is 21.7 Å². The van der Waals surface area contributed by atoms with Crippen LogP contribution in [0, 0.1) is 13.8 Å². The summed E-state index contributed by atoms with van der Waals surface area (Å²) >= 11 is 3.50. The van der Waals surface area contributed by atoms with Crippen molar-refractivity contribution < 1.29 is 0 Å². The van der Waals surface area contributed by atoms with Crippen LogP contribution in [0.1, 0.15) is 17.2 Å². The lowest BCUT2D eigenvalue weighted by atomic mass is 10.4. The Hall–Kier alpha value is -1.17. The van der Waals surface area contributed by atoms with Gasteiger partial charge >= 0.3 is 0 Å². The molecule has 2 heterocycles. The van der Waals surface area contributed by atoms with Crippen molar-refractivity contribution in [3.05, 3.63) is 28.0 Å². The first-order valence-corrected chi connectivity index (χ1v) is 5.41. The van der Waals surface area contributed by atoms with Crippen LogP contribution in [-0.2, 0) is 13.6 Å². The predicted molar refractivity (Wildman–Crippen MR) is 59.5 cm³/mol. The number of rotatable bonds is 2. The van der Waals surface area contributed by atoms with Gasteiger partial charge in [0.25, 0.3) is 0 Å². The average Bonchev–Trinajstić information content (AvgIpc) is 2.69. The van der Waals surface area contributed by atoms with Crippen LogP contribution in [0.15, 0.2) is 10.8 Å². The summed E-state index contributed by atoms with van der Waals surface area (Å²) in [4.78, 5) is 0. The van der Waals surface area contributed by atoms with Gasteiger partial charge in [-0.25, -0.2) is 0 Å². The lowest BCUT2D eigenvalue weighted by molar-refractivity contribution is 0.610. The molecule has 0 aromatic carbocycles. The molecule has 0 amide bonds. The minimum atomic E-state index is 0.648. The van der Waals surface area contributed by atoms with Crippen molar-refractivity contribution in [1.29, 1.82) is 0 Å². The molecule has 2 aromatic heterocycles. The molecule has 0 saturated carbocycles. The Morgan fingerprint density at radius 3 is 2.60 bits per heavy atom. The second-order valence-corrected chi connectivity index (χ2v) is 4.29. The van der Waals surface area contributed by atoms with E-state index in [2.05, 4.69) is 31.2 Å². The quantitative estimate of drug-likeness (QED) is 0.829. The van der Waals surface area contributed by atoms with E-state index in [-0.39, 0.29) is 0 Å². The minimum absolute atomic E-state index is 0.648. The van der Waals surface area contributed by atoms with E-state index in [9.17, 15) is 0 Å². The molecule has 80 valence electrons. The number of halogens is 1. The Morgan fingerprint density at radius 2 is 2.13 bits per heavy atom. The molecule has 0 saturated heterocycles. The van der Waals surface area contributed by atoms with Crippen molar-refractivity contribution in [3.63, 3.8) is 0 Å². The molecule has 0 aliphatic rings. The molecule has 0 aliphatic carbocycles. The Labute approximate surface area is 96.2 Å². The van der Waals surface area contributed by atoms with Gasteiger partial charge < -0.3 is 4.57 Å². The molecular weight excluding hydrogens is 258 g/mol. The van der Waals surface area contributed by atoms with Gasteiger partial charge in [-0.15, -0.1) is 10.2 Å². The molecule has 2 rings (SSSR count). The third-order valence-electron chi connectivity index (χ3n) is 2.39. The highest BCUT2D eigenvalue weighted by atomic mass is 79.9. The van der Waals surface area contributed by atoms with Gasteiger partial charge in [0.15, 0.2) is 5.82 Å². The lowest BCUT2D eigenvalue weighted by Crippen LogP contribution is -2.08. The van der Waals surface area contributed by atoms with Crippen molar-refractivity contribution in [2.75, 3.05) is 0 Å². The van der Waals surface area contributed by atoms with E-state index < -0.39 is 0 Å². The van der Waals surface area contributed by atoms with E-state index in [0.29, 0.717) is 6.54 Å². The normalized spacial score (nSPS) is 10.9. The van der Waals surface area contributed by atoms with E-state index in [4.69, 9.17) is 0 Å². The maximum Gasteiger partial charge on any atom is 0.154 e. The molecule has 15 heavy (non-hydrogen) atoms. The van der Waals surface area contributed by atoms with Crippen LogP contribution in [0.4, 0.5) is 0 Å². The van der Waals surface area contributed by atoms with E-state index in [1.807, 2.05) is 30.1 Å². The van der Waals surface area contributed by atoms with Crippen LogP contribution in [0.25, 0.3) is 0 Å². The topological polar surface area (TPSA) is 48.5 Å². The van der Waals surface area contributed by atoms with E-state index in [1.54, 1.807) is 6.33 Å². The van der Waals surface area contributed by atoms with Crippen molar-refractivity contribution >= 4 is 15.9 Å². The first-order valence-electron chi connectivity index (χ1n) is 4.62. The fourth-order valence-corrected chi connectivity index (χ4v) is 1.70. The Balaban J connectivity index is 2.33. The fourth-order valence-electron chi connectivity index (χ4n) is 1.41. The van der Waals surface area contributed by atoms with Gasteiger partial charge in [-0.1, -0.05) is 0 Å². The maximum absolute atomic E-state index is 4.41. The van der Waals surface area contributed by atoms with Gasteiger partial charge in [-0.3, -0.25) is 4.68 Å². The third kappa shape index (κ3) is 1.81. The van der Waals surface area contributed by atoms with Gasteiger partial charge in [0, 0.05) is 7.05 Å². The van der Waals surface area contributed by atoms with E-state index >= 15 is 0 Å². The average molecular weight is 270 g/mol. The highest BCUT2D eigenvalue weighted by Crippen LogP contribution is 2.20. The number of aryl methyl sites for hydroxylation is 2. The molecule has 0 fully saturated rings. The zero-order valence-electron chi connectivity index (χ0n) is 8.90. The molecule has 0 aliphatic heterocycles. The second kappa shape index (κ2) is 3.77. The number of hydrogen-bond acceptors (Lipinski definition) is 3. The summed E-state index contributed by atoms with van der Waals surface area (Å²) < 4.78 is 4.87. The molecule has 0 spiro atoms. The second-order valence-electron chi connectivity index (χ2n) is 3.50. The molecule has 0 N–H and O–H groups in total. The minimum Gasteiger partial charge on any atom is -0.319 e. The van der Waals surface area contributed by atoms with E-state index in [1.165, 1.54) is 0 Å². The maximum atomic E-state index is 4.41. The number of aromatic nitrogens is 5. The van der Waals surface area contributed by atoms with Crippen molar-refractivity contribution in [3.8, 4) is 0 Å². The summed E-state index contributed by atoms with van der Waals surface area (Å²) in [6.07, 6.45) is 1.69. The zero-order valence-corrected chi connectivity index (χ0v) is 10.5. The summed E-state index contributed by atoms with van der Waals surface area (Å²) in [6.45, 7) is 4.65. The highest BCUT2D eigenvalue weighted by molar-refractivity contribution is 9.10. The summed E-state index contributed by atoms with van der Waals surface area (Å²) in [7, 11) is 1.93. The summed E-state index contributed by atoms with van der Waals surface area (Å²) in [5.41, 5.74) is 2.10. The van der Waals surface area contributed by atoms with Crippen LogP contribution in [-0.4, -0.2) is 24.5 Å². The summed E-state index contributed by atoms with van der Waals surface area (Å²) in [5.74, 6) is 0.896.